The summed E-state index contributed by atoms with van der Waals surface area (Å²) in [7, 11) is 0. The summed E-state index contributed by atoms with van der Waals surface area (Å²) in [6.45, 7) is 1.90. The van der Waals surface area contributed by atoms with Crippen molar-refractivity contribution < 1.29 is 9.59 Å². The Morgan fingerprint density at radius 1 is 1.33 bits per heavy atom. The molecular weight excluding hydrogens is 268 g/mol. The van der Waals surface area contributed by atoms with Gasteiger partial charge in [-0.05, 0) is 31.5 Å². The van der Waals surface area contributed by atoms with Crippen molar-refractivity contribution in [2.45, 2.75) is 25.8 Å². The van der Waals surface area contributed by atoms with Crippen molar-refractivity contribution in [1.29, 1.82) is 0 Å². The van der Waals surface area contributed by atoms with Gasteiger partial charge in [-0.3, -0.25) is 19.9 Å². The molecular formula is C15H16N4O2. The Morgan fingerprint density at radius 2 is 2.14 bits per heavy atom. The smallest absolute Gasteiger partial charge is 0.249 e. The number of hydrogen-bond donors (Lipinski definition) is 3. The monoisotopic (exact) mass is 284 g/mol. The Labute approximate surface area is 121 Å². The van der Waals surface area contributed by atoms with E-state index < -0.39 is 6.04 Å². The van der Waals surface area contributed by atoms with Crippen LogP contribution in [-0.4, -0.2) is 22.8 Å². The number of amides is 2. The summed E-state index contributed by atoms with van der Waals surface area (Å²) >= 11 is 0. The Hall–Kier alpha value is -2.63. The van der Waals surface area contributed by atoms with Crippen LogP contribution in [0.25, 0.3) is 10.8 Å². The zero-order valence-electron chi connectivity index (χ0n) is 11.6. The molecule has 1 fully saturated rings. The van der Waals surface area contributed by atoms with Gasteiger partial charge < -0.3 is 11.1 Å². The maximum atomic E-state index is 11.8. The molecule has 2 aromatic rings. The number of nitrogens with one attached hydrogen (secondary N) is 2. The molecule has 4 N–H and O–H groups in total. The topological polar surface area (TPSA) is 97.1 Å². The Bertz CT molecular complexity index is 742. The standard InChI is InChI=1S/C15H16N4O2/c1-8-6-9-10(7-17-8)11(16)2-3-12(9)18-13-4-5-14(20)19-15(13)21/h2-3,6-7,13,18H,4-5,16H2,1H3,(H,19,20,21). The quantitative estimate of drug-likeness (QED) is 0.571. The van der Waals surface area contributed by atoms with E-state index in [1.165, 1.54) is 0 Å². The third kappa shape index (κ3) is 2.52. The number of hydrogen-bond acceptors (Lipinski definition) is 5. The highest BCUT2D eigenvalue weighted by atomic mass is 16.2. The molecule has 0 saturated carbocycles. The lowest BCUT2D eigenvalue weighted by Gasteiger charge is -2.23. The highest BCUT2D eigenvalue weighted by molar-refractivity contribution is 6.04. The average molecular weight is 284 g/mol. The first-order valence-electron chi connectivity index (χ1n) is 6.79. The molecule has 2 heterocycles. The second-order valence-electron chi connectivity index (χ2n) is 5.22. The molecule has 6 nitrogen and oxygen atoms in total. The van der Waals surface area contributed by atoms with Gasteiger partial charge in [0.1, 0.15) is 6.04 Å². The van der Waals surface area contributed by atoms with Gasteiger partial charge in [0.25, 0.3) is 0 Å². The predicted octanol–water partition coefficient (Wildman–Crippen LogP) is 1.34. The Morgan fingerprint density at radius 3 is 2.90 bits per heavy atom. The van der Waals surface area contributed by atoms with Crippen molar-refractivity contribution in [1.82, 2.24) is 10.3 Å². The normalized spacial score (nSPS) is 18.6. The number of imide groups is 1. The van der Waals surface area contributed by atoms with Crippen LogP contribution < -0.4 is 16.4 Å². The Balaban J connectivity index is 1.97. The van der Waals surface area contributed by atoms with Crippen LogP contribution in [0.5, 0.6) is 0 Å². The first kappa shape index (κ1) is 13.4. The lowest BCUT2D eigenvalue weighted by molar-refractivity contribution is -0.133. The van der Waals surface area contributed by atoms with Crippen LogP contribution in [0.2, 0.25) is 0 Å². The molecule has 0 radical (unpaired) electrons. The van der Waals surface area contributed by atoms with Gasteiger partial charge in [0.05, 0.1) is 0 Å². The van der Waals surface area contributed by atoms with E-state index in [9.17, 15) is 9.59 Å². The van der Waals surface area contributed by atoms with Gasteiger partial charge >= 0.3 is 0 Å². The summed E-state index contributed by atoms with van der Waals surface area (Å²) in [5.41, 5.74) is 8.30. The van der Waals surface area contributed by atoms with Crippen molar-refractivity contribution in [2.24, 2.45) is 0 Å². The van der Waals surface area contributed by atoms with E-state index in [4.69, 9.17) is 5.73 Å². The van der Waals surface area contributed by atoms with Crippen molar-refractivity contribution in [2.75, 3.05) is 11.1 Å². The molecule has 1 aromatic carbocycles. The van der Waals surface area contributed by atoms with Crippen LogP contribution in [0.15, 0.2) is 24.4 Å². The van der Waals surface area contributed by atoms with Gasteiger partial charge in [-0.15, -0.1) is 0 Å². The largest absolute Gasteiger partial charge is 0.398 e. The number of pyridine rings is 1. The zero-order chi connectivity index (χ0) is 15.0. The molecule has 0 spiro atoms. The summed E-state index contributed by atoms with van der Waals surface area (Å²) in [6, 6.07) is 5.15. The maximum absolute atomic E-state index is 11.8. The van der Waals surface area contributed by atoms with Gasteiger partial charge in [0.2, 0.25) is 11.8 Å². The minimum Gasteiger partial charge on any atom is -0.398 e. The summed E-state index contributed by atoms with van der Waals surface area (Å²) in [5, 5.41) is 7.31. The maximum Gasteiger partial charge on any atom is 0.249 e. The molecule has 0 bridgehead atoms. The number of anilines is 2. The summed E-state index contributed by atoms with van der Waals surface area (Å²) in [4.78, 5) is 27.3. The number of fused-ring (bicyclic) bond motifs is 1. The number of aromatic nitrogens is 1. The number of nitrogens with two attached hydrogens (primary N) is 1. The number of nitrogen functional groups attached to an aromatic ring is 1. The Kier molecular flexibility index (Phi) is 3.21. The molecule has 0 aliphatic carbocycles. The highest BCUT2D eigenvalue weighted by Gasteiger charge is 2.26. The lowest BCUT2D eigenvalue weighted by atomic mass is 10.0. The fourth-order valence-electron chi connectivity index (χ4n) is 2.51. The van der Waals surface area contributed by atoms with Crippen molar-refractivity contribution in [3.63, 3.8) is 0 Å². The average Bonchev–Trinajstić information content (AvgIpc) is 2.44. The van der Waals surface area contributed by atoms with Gasteiger partial charge in [0.15, 0.2) is 0 Å². The number of aryl methyl sites for hydroxylation is 1. The van der Waals surface area contributed by atoms with Gasteiger partial charge in [-0.2, -0.15) is 0 Å². The van der Waals surface area contributed by atoms with Crippen molar-refractivity contribution in [3.05, 3.63) is 30.1 Å². The number of carbonyl (C=O) groups excluding carboxylic acids is 2. The number of piperidine rings is 1. The molecule has 1 atom stereocenters. The number of nitrogens with zero attached hydrogens (tertiary/aromatic N) is 1. The second-order valence-corrected chi connectivity index (χ2v) is 5.22. The minimum absolute atomic E-state index is 0.222. The summed E-state index contributed by atoms with van der Waals surface area (Å²) in [6.07, 6.45) is 2.56. The van der Waals surface area contributed by atoms with E-state index in [0.717, 1.165) is 22.2 Å². The molecule has 6 heteroatoms. The second kappa shape index (κ2) is 5.05. The van der Waals surface area contributed by atoms with Crippen LogP contribution in [0.4, 0.5) is 11.4 Å². The number of benzene rings is 1. The van der Waals surface area contributed by atoms with Gasteiger partial charge in [0, 0.05) is 40.5 Å². The molecule has 1 aliphatic heterocycles. The highest BCUT2D eigenvalue weighted by Crippen LogP contribution is 2.29. The third-order valence-corrected chi connectivity index (χ3v) is 3.64. The van der Waals surface area contributed by atoms with E-state index in [1.54, 1.807) is 12.3 Å². The van der Waals surface area contributed by atoms with E-state index in [0.29, 0.717) is 18.5 Å². The molecule has 2 amide bonds. The van der Waals surface area contributed by atoms with E-state index in [1.807, 2.05) is 19.1 Å². The lowest BCUT2D eigenvalue weighted by Crippen LogP contribution is -2.47. The van der Waals surface area contributed by atoms with Crippen LogP contribution in [-0.2, 0) is 9.59 Å². The van der Waals surface area contributed by atoms with E-state index >= 15 is 0 Å². The number of rotatable bonds is 2. The summed E-state index contributed by atoms with van der Waals surface area (Å²) in [5.74, 6) is -0.512. The molecule has 21 heavy (non-hydrogen) atoms. The first-order chi connectivity index (χ1) is 10.0. The van der Waals surface area contributed by atoms with Gasteiger partial charge in [-0.1, -0.05) is 0 Å². The molecule has 1 unspecified atom stereocenters. The van der Waals surface area contributed by atoms with Crippen LogP contribution in [0.3, 0.4) is 0 Å². The van der Waals surface area contributed by atoms with Gasteiger partial charge in [-0.25, -0.2) is 0 Å². The predicted molar refractivity (Wildman–Crippen MR) is 80.7 cm³/mol. The SMILES string of the molecule is Cc1cc2c(NC3CCC(=O)NC3=O)ccc(N)c2cn1. The third-order valence-electron chi connectivity index (χ3n) is 3.64. The first-order valence-corrected chi connectivity index (χ1v) is 6.79. The molecule has 1 saturated heterocycles. The van der Waals surface area contributed by atoms with Crippen LogP contribution in [0, 0.1) is 6.92 Å². The zero-order valence-corrected chi connectivity index (χ0v) is 11.6. The molecule has 1 aliphatic rings. The summed E-state index contributed by atoms with van der Waals surface area (Å²) < 4.78 is 0. The van der Waals surface area contributed by atoms with E-state index in [-0.39, 0.29) is 11.8 Å². The van der Waals surface area contributed by atoms with E-state index in [2.05, 4.69) is 15.6 Å². The molecule has 1 aromatic heterocycles. The fraction of sp³-hybridized carbons (Fsp3) is 0.267. The van der Waals surface area contributed by atoms with Crippen LogP contribution in [0.1, 0.15) is 18.5 Å². The number of carbonyl (C=O) groups is 2. The fourth-order valence-corrected chi connectivity index (χ4v) is 2.51. The molecule has 108 valence electrons. The minimum atomic E-state index is -0.414. The van der Waals surface area contributed by atoms with Crippen molar-refractivity contribution >= 4 is 34.0 Å². The molecule has 3 rings (SSSR count). The van der Waals surface area contributed by atoms with Crippen molar-refractivity contribution in [3.8, 4) is 0 Å². The van der Waals surface area contributed by atoms with Crippen LogP contribution >= 0.6 is 0 Å².